The molecule has 32 unspecified atom stereocenters. The minimum Gasteiger partial charge on any atom is -0.328 e. The van der Waals surface area contributed by atoms with Gasteiger partial charge < -0.3 is 8.97 Å². The van der Waals surface area contributed by atoms with Gasteiger partial charge in [-0.05, 0) is 179 Å². The van der Waals surface area contributed by atoms with Gasteiger partial charge in [0.1, 0.15) is 0 Å². The number of likely N-dealkylation sites (tertiary alicyclic amines) is 2. The van der Waals surface area contributed by atoms with Crippen molar-refractivity contribution >= 4 is 0 Å². The second-order valence-corrected chi connectivity index (χ2v) is 25.6. The number of hydrogen-bond donors (Lipinski definition) is 0. The molecule has 14 fully saturated rings. The van der Waals surface area contributed by atoms with Crippen LogP contribution in [0, 0.1) is 189 Å². The summed E-state index contributed by atoms with van der Waals surface area (Å²) in [5, 5.41) is 0. The fourth-order valence-electron chi connectivity index (χ4n) is 26.8. The third-order valence-corrected chi connectivity index (χ3v) is 25.1. The van der Waals surface area contributed by atoms with Crippen molar-refractivity contribution in [2.75, 3.05) is 54.4 Å². The van der Waals surface area contributed by atoms with Crippen LogP contribution in [0.1, 0.15) is 12.8 Å². The minimum atomic E-state index is 0.874. The van der Waals surface area contributed by atoms with Gasteiger partial charge >= 0.3 is 0 Å². The molecule has 2 saturated heterocycles. The fourth-order valence-corrected chi connectivity index (χ4v) is 26.8. The van der Waals surface area contributed by atoms with Crippen molar-refractivity contribution in [3.05, 3.63) is 35.5 Å². The van der Waals surface area contributed by atoms with Crippen molar-refractivity contribution in [2.45, 2.75) is 12.8 Å². The zero-order valence-corrected chi connectivity index (χ0v) is 30.9. The van der Waals surface area contributed by atoms with E-state index in [0.29, 0.717) is 0 Å². The predicted molar refractivity (Wildman–Crippen MR) is 190 cm³/mol. The van der Waals surface area contributed by atoms with E-state index in [0.717, 1.165) is 189 Å². The van der Waals surface area contributed by atoms with Crippen LogP contribution in [0.15, 0.2) is 35.5 Å². The molecule has 0 N–H and O–H groups in total. The van der Waals surface area contributed by atoms with Gasteiger partial charge in [0.25, 0.3) is 0 Å². The lowest BCUT2D eigenvalue weighted by molar-refractivity contribution is -0.881. The maximum Gasteiger partial charge on any atom is 0.0819 e. The normalized spacial score (nSPS) is 78.8. The lowest BCUT2D eigenvalue weighted by Gasteiger charge is -2.62. The number of hydrogen-bond acceptors (Lipinski definition) is 0. The Balaban J connectivity index is 1.00. The number of quaternary nitrogens is 2. The van der Waals surface area contributed by atoms with Gasteiger partial charge in [0, 0.05) is 23.7 Å². The topological polar surface area (TPSA) is 0 Å². The molecule has 2 heterocycles. The molecule has 12 saturated carbocycles. The summed E-state index contributed by atoms with van der Waals surface area (Å²) in [5.41, 5.74) is 4.65. The summed E-state index contributed by atoms with van der Waals surface area (Å²) in [5.74, 6) is 34.4. The largest absolute Gasteiger partial charge is 0.328 e. The van der Waals surface area contributed by atoms with Crippen LogP contribution >= 0.6 is 0 Å². The van der Waals surface area contributed by atoms with E-state index >= 15 is 0 Å². The third kappa shape index (κ3) is 2.11. The Morgan fingerprint density at radius 2 is 0.700 bits per heavy atom. The lowest BCUT2D eigenvalue weighted by Crippen LogP contribution is -2.59. The maximum absolute atomic E-state index is 3.04. The summed E-state index contributed by atoms with van der Waals surface area (Å²) >= 11 is 0. The van der Waals surface area contributed by atoms with Crippen LogP contribution in [-0.2, 0) is 0 Å². The second-order valence-electron chi connectivity index (χ2n) is 25.6. The molecule has 260 valence electrons. The maximum atomic E-state index is 3.04. The van der Waals surface area contributed by atoms with Gasteiger partial charge in [0.15, 0.2) is 0 Å². The van der Waals surface area contributed by atoms with Gasteiger partial charge in [0.05, 0.1) is 54.4 Å². The summed E-state index contributed by atoms with van der Waals surface area (Å²) in [6.07, 6.45) is 15.3. The molecular weight excluding hydrogens is 605 g/mol. The van der Waals surface area contributed by atoms with Gasteiger partial charge in [-0.25, -0.2) is 0 Å². The molecule has 0 aromatic carbocycles. The Labute approximate surface area is 300 Å². The van der Waals surface area contributed by atoms with E-state index in [-0.39, 0.29) is 0 Å². The average molecular weight is 665 g/mol. The zero-order valence-electron chi connectivity index (χ0n) is 30.9. The van der Waals surface area contributed by atoms with E-state index < -0.39 is 0 Å². The van der Waals surface area contributed by atoms with Crippen LogP contribution in [0.4, 0.5) is 0 Å². The van der Waals surface area contributed by atoms with E-state index in [1.807, 2.05) is 0 Å². The Bertz CT molecular complexity index is 1900. The molecule has 0 spiro atoms. The standard InChI is InChI=1S/C48H60N2/c1-49(2)11-21-23(13-49)33-34-24-14-50(3,4)12-22(24)26-20-10-8-18-16-6-5-15-17-7-9-19-25(21)35-39-31(19)29(17)37-27(15)28(16)38-30(18)32(20)40-36(26)42(34)45(41(33)35)48-46(39)43(37)44(38)47(40)48/h5-7,9,15-36,38-42,44-48H,8,10-14H2,1-4H3/q+2. The first-order valence-electron chi connectivity index (χ1n) is 23.1. The van der Waals surface area contributed by atoms with Crippen molar-refractivity contribution < 1.29 is 8.97 Å². The summed E-state index contributed by atoms with van der Waals surface area (Å²) in [6, 6.07) is 0. The number of allylic oxidation sites excluding steroid dienone is 6. The van der Waals surface area contributed by atoms with Gasteiger partial charge in [-0.3, -0.25) is 0 Å². The number of rotatable bonds is 0. The molecule has 0 aromatic rings. The average Bonchev–Trinajstić information content (AvgIpc) is 3.93. The Morgan fingerprint density at radius 1 is 0.320 bits per heavy atom. The lowest BCUT2D eigenvalue weighted by atomic mass is 9.42. The van der Waals surface area contributed by atoms with Crippen LogP contribution in [0.25, 0.3) is 0 Å². The highest BCUT2D eigenvalue weighted by Gasteiger charge is 2.89. The highest BCUT2D eigenvalue weighted by molar-refractivity contribution is 5.52. The fraction of sp³-hybridized carbons (Fsp3) is 0.875. The Hall–Kier alpha value is -0.860. The molecule has 2 aliphatic heterocycles. The van der Waals surface area contributed by atoms with E-state index in [1.54, 1.807) is 32.5 Å². The van der Waals surface area contributed by atoms with Crippen molar-refractivity contribution in [1.82, 2.24) is 0 Å². The van der Waals surface area contributed by atoms with Crippen LogP contribution in [-0.4, -0.2) is 63.3 Å². The van der Waals surface area contributed by atoms with Crippen LogP contribution in [0.3, 0.4) is 0 Å². The molecule has 0 amide bonds. The predicted octanol–water partition coefficient (Wildman–Crippen LogP) is 6.29. The van der Waals surface area contributed by atoms with E-state index in [2.05, 4.69) is 63.6 Å². The molecule has 32 atom stereocenters. The summed E-state index contributed by atoms with van der Waals surface area (Å²) in [6.45, 7) is 6.18. The monoisotopic (exact) mass is 664 g/mol. The van der Waals surface area contributed by atoms with Gasteiger partial charge in [-0.2, -0.15) is 0 Å². The summed E-state index contributed by atoms with van der Waals surface area (Å²) < 4.78 is 2.72. The van der Waals surface area contributed by atoms with E-state index in [9.17, 15) is 0 Å². The number of nitrogens with zero attached hydrogens (tertiary/aromatic N) is 2. The molecule has 2 nitrogen and oxygen atoms in total. The van der Waals surface area contributed by atoms with Crippen molar-refractivity contribution in [1.29, 1.82) is 0 Å². The first-order valence-corrected chi connectivity index (χ1v) is 23.1. The first kappa shape index (κ1) is 26.0. The smallest absolute Gasteiger partial charge is 0.0819 e. The summed E-state index contributed by atoms with van der Waals surface area (Å²) in [4.78, 5) is 0. The molecule has 2 heteroatoms. The molecule has 16 aliphatic carbocycles. The van der Waals surface area contributed by atoms with Gasteiger partial charge in [0.2, 0.25) is 0 Å². The van der Waals surface area contributed by atoms with Crippen LogP contribution < -0.4 is 0 Å². The van der Waals surface area contributed by atoms with E-state index in [1.165, 1.54) is 15.5 Å². The van der Waals surface area contributed by atoms with Crippen LogP contribution in [0.5, 0.6) is 0 Å². The van der Waals surface area contributed by atoms with Crippen molar-refractivity contribution in [3.63, 3.8) is 0 Å². The minimum absolute atomic E-state index is 0.874. The second kappa shape index (κ2) is 7.05. The van der Waals surface area contributed by atoms with Crippen LogP contribution in [0.2, 0.25) is 0 Å². The first-order chi connectivity index (χ1) is 24.3. The molecule has 18 aliphatic rings. The molecule has 0 bridgehead atoms. The molecule has 0 aromatic heterocycles. The van der Waals surface area contributed by atoms with Crippen molar-refractivity contribution in [3.8, 4) is 0 Å². The molecule has 18 rings (SSSR count). The highest BCUT2D eigenvalue weighted by atomic mass is 15.3. The molecule has 0 radical (unpaired) electrons. The van der Waals surface area contributed by atoms with E-state index in [4.69, 9.17) is 0 Å². The number of fused-ring (bicyclic) bond motifs is 11. The third-order valence-electron chi connectivity index (χ3n) is 25.1. The quantitative estimate of drug-likeness (QED) is 0.211. The van der Waals surface area contributed by atoms with Gasteiger partial charge in [-0.1, -0.05) is 35.5 Å². The molecule has 50 heavy (non-hydrogen) atoms. The molecular formula is C48H60N2+2. The Morgan fingerprint density at radius 3 is 1.38 bits per heavy atom. The SMILES string of the molecule is C[N+]1(C)CC2C(C1)C1C3C4C[N+](C)(C)CC4C4C5CCC6C7C=CC8C9C=CC%10C2C2C%11C%12C%13=C(C8C7C7C%13C8C%12C(C12)C3C4C8C5C67)C9C%10%11. The van der Waals surface area contributed by atoms with Crippen molar-refractivity contribution in [2.24, 2.45) is 189 Å². The summed E-state index contributed by atoms with van der Waals surface area (Å²) in [7, 11) is 10.8. The van der Waals surface area contributed by atoms with Gasteiger partial charge in [-0.15, -0.1) is 0 Å². The zero-order chi connectivity index (χ0) is 31.7. The Kier molecular flexibility index (Phi) is 3.67. The highest BCUT2D eigenvalue weighted by Crippen LogP contribution is 2.92.